The summed E-state index contributed by atoms with van der Waals surface area (Å²) in [5, 5.41) is 15.2. The molecule has 32 heavy (non-hydrogen) atoms. The van der Waals surface area contributed by atoms with Crippen LogP contribution < -0.4 is 9.47 Å². The van der Waals surface area contributed by atoms with Gasteiger partial charge in [-0.15, -0.1) is 5.10 Å². The van der Waals surface area contributed by atoms with Crippen LogP contribution >= 0.6 is 0 Å². The highest BCUT2D eigenvalue weighted by atomic mass is 16.5. The van der Waals surface area contributed by atoms with Crippen molar-refractivity contribution >= 4 is 10.9 Å². The lowest BCUT2D eigenvalue weighted by Crippen LogP contribution is -1.99. The Balaban J connectivity index is 1.28. The highest BCUT2D eigenvalue weighted by Gasteiger charge is 2.10. The molecule has 2 aromatic heterocycles. The SMILES string of the molecule is COc1ccc(-c2nnn[nH]2)cc1Cc1ccc(OCc2ccc3ccccc3n2)cc1. The fourth-order valence-corrected chi connectivity index (χ4v) is 3.61. The number of ether oxygens (including phenoxy) is 2. The summed E-state index contributed by atoms with van der Waals surface area (Å²) in [4.78, 5) is 4.66. The second-order valence-electron chi connectivity index (χ2n) is 7.38. The number of fused-ring (bicyclic) bond motifs is 1. The van der Waals surface area contributed by atoms with E-state index in [9.17, 15) is 0 Å². The number of hydrogen-bond donors (Lipinski definition) is 1. The Morgan fingerprint density at radius 3 is 2.59 bits per heavy atom. The van der Waals surface area contributed by atoms with Crippen molar-refractivity contribution < 1.29 is 9.47 Å². The van der Waals surface area contributed by atoms with Crippen molar-refractivity contribution in [2.75, 3.05) is 7.11 Å². The lowest BCUT2D eigenvalue weighted by molar-refractivity contribution is 0.301. The molecule has 0 fully saturated rings. The van der Waals surface area contributed by atoms with Crippen LogP contribution in [0.5, 0.6) is 11.5 Å². The molecule has 0 radical (unpaired) electrons. The Morgan fingerprint density at radius 1 is 0.906 bits per heavy atom. The van der Waals surface area contributed by atoms with Gasteiger partial charge in [-0.25, -0.2) is 10.1 Å². The van der Waals surface area contributed by atoms with Gasteiger partial charge in [0.15, 0.2) is 5.82 Å². The van der Waals surface area contributed by atoms with E-state index in [1.54, 1.807) is 7.11 Å². The number of aromatic nitrogens is 5. The minimum Gasteiger partial charge on any atom is -0.496 e. The molecule has 0 bridgehead atoms. The Hall–Kier alpha value is -4.26. The van der Waals surface area contributed by atoms with Crippen molar-refractivity contribution in [3.8, 4) is 22.9 Å². The fourth-order valence-electron chi connectivity index (χ4n) is 3.61. The number of rotatable bonds is 7. The zero-order valence-electron chi connectivity index (χ0n) is 17.5. The van der Waals surface area contributed by atoms with E-state index in [1.807, 2.05) is 54.6 Å². The first-order valence-electron chi connectivity index (χ1n) is 10.3. The summed E-state index contributed by atoms with van der Waals surface area (Å²) in [5.41, 5.74) is 4.98. The third-order valence-corrected chi connectivity index (χ3v) is 5.26. The first kappa shape index (κ1) is 19.7. The van der Waals surface area contributed by atoms with Crippen molar-refractivity contribution in [1.29, 1.82) is 0 Å². The van der Waals surface area contributed by atoms with Crippen molar-refractivity contribution in [3.63, 3.8) is 0 Å². The predicted molar refractivity (Wildman–Crippen MR) is 121 cm³/mol. The van der Waals surface area contributed by atoms with Gasteiger partial charge in [0, 0.05) is 17.4 Å². The van der Waals surface area contributed by atoms with Gasteiger partial charge in [-0.1, -0.05) is 36.4 Å². The number of tetrazole rings is 1. The Morgan fingerprint density at radius 2 is 1.78 bits per heavy atom. The second kappa shape index (κ2) is 8.85. The van der Waals surface area contributed by atoms with Crippen LogP contribution in [0.1, 0.15) is 16.8 Å². The average Bonchev–Trinajstić information content (AvgIpc) is 3.39. The van der Waals surface area contributed by atoms with Crippen LogP contribution in [0.25, 0.3) is 22.3 Å². The van der Waals surface area contributed by atoms with E-state index in [-0.39, 0.29) is 0 Å². The monoisotopic (exact) mass is 423 g/mol. The second-order valence-corrected chi connectivity index (χ2v) is 7.38. The lowest BCUT2D eigenvalue weighted by Gasteiger charge is -2.11. The van der Waals surface area contributed by atoms with E-state index in [0.29, 0.717) is 18.9 Å². The Bertz CT molecular complexity index is 1330. The van der Waals surface area contributed by atoms with Gasteiger partial charge in [-0.05, 0) is 64.0 Å². The molecule has 5 rings (SSSR count). The third kappa shape index (κ3) is 4.27. The van der Waals surface area contributed by atoms with Gasteiger partial charge in [0.25, 0.3) is 0 Å². The molecule has 0 saturated carbocycles. The lowest BCUT2D eigenvalue weighted by atomic mass is 10.0. The maximum absolute atomic E-state index is 5.95. The normalized spacial score (nSPS) is 10.9. The largest absolute Gasteiger partial charge is 0.496 e. The van der Waals surface area contributed by atoms with Crippen molar-refractivity contribution in [2.24, 2.45) is 0 Å². The van der Waals surface area contributed by atoms with Crippen LogP contribution in [0.3, 0.4) is 0 Å². The molecule has 158 valence electrons. The molecule has 2 heterocycles. The smallest absolute Gasteiger partial charge is 0.179 e. The summed E-state index contributed by atoms with van der Waals surface area (Å²) in [7, 11) is 1.67. The minimum atomic E-state index is 0.422. The molecule has 7 nitrogen and oxygen atoms in total. The molecule has 0 saturated heterocycles. The van der Waals surface area contributed by atoms with E-state index in [0.717, 1.165) is 44.8 Å². The fraction of sp³-hybridized carbons (Fsp3) is 0.120. The summed E-state index contributed by atoms with van der Waals surface area (Å²) >= 11 is 0. The Kier molecular flexibility index (Phi) is 5.45. The number of nitrogens with zero attached hydrogens (tertiary/aromatic N) is 4. The van der Waals surface area contributed by atoms with Crippen LogP contribution in [0.15, 0.2) is 78.9 Å². The molecule has 5 aromatic rings. The van der Waals surface area contributed by atoms with Crippen LogP contribution in [0, 0.1) is 0 Å². The zero-order chi connectivity index (χ0) is 21.8. The van der Waals surface area contributed by atoms with Crippen molar-refractivity contribution in [3.05, 3.63) is 95.7 Å². The summed E-state index contributed by atoms with van der Waals surface area (Å²) < 4.78 is 11.5. The third-order valence-electron chi connectivity index (χ3n) is 5.26. The van der Waals surface area contributed by atoms with E-state index >= 15 is 0 Å². The van der Waals surface area contributed by atoms with E-state index < -0.39 is 0 Å². The highest BCUT2D eigenvalue weighted by molar-refractivity contribution is 5.78. The van der Waals surface area contributed by atoms with Crippen molar-refractivity contribution in [2.45, 2.75) is 13.0 Å². The topological polar surface area (TPSA) is 85.8 Å². The minimum absolute atomic E-state index is 0.422. The zero-order valence-corrected chi connectivity index (χ0v) is 17.5. The van der Waals surface area contributed by atoms with Crippen LogP contribution in [-0.2, 0) is 13.0 Å². The maximum atomic E-state index is 5.95. The molecule has 1 N–H and O–H groups in total. The van der Waals surface area contributed by atoms with Gasteiger partial charge in [-0.3, -0.25) is 0 Å². The van der Waals surface area contributed by atoms with Gasteiger partial charge in [0.1, 0.15) is 18.1 Å². The number of benzene rings is 3. The van der Waals surface area contributed by atoms with Gasteiger partial charge >= 0.3 is 0 Å². The quantitative estimate of drug-likeness (QED) is 0.412. The first-order valence-corrected chi connectivity index (χ1v) is 10.3. The summed E-state index contributed by atoms with van der Waals surface area (Å²) in [6.07, 6.45) is 0.713. The summed E-state index contributed by atoms with van der Waals surface area (Å²) in [6.45, 7) is 0.422. The number of pyridine rings is 1. The van der Waals surface area contributed by atoms with Gasteiger partial charge < -0.3 is 9.47 Å². The van der Waals surface area contributed by atoms with Crippen LogP contribution in [-0.4, -0.2) is 32.7 Å². The molecule has 0 unspecified atom stereocenters. The molecule has 3 aromatic carbocycles. The van der Waals surface area contributed by atoms with Gasteiger partial charge in [0.2, 0.25) is 0 Å². The first-order chi connectivity index (χ1) is 15.8. The maximum Gasteiger partial charge on any atom is 0.179 e. The summed E-state index contributed by atoms with van der Waals surface area (Å²) in [5.74, 6) is 2.25. The number of aromatic amines is 1. The molecule has 0 aliphatic rings. The molecule has 0 aliphatic heterocycles. The summed E-state index contributed by atoms with van der Waals surface area (Å²) in [6, 6.07) is 26.1. The van der Waals surface area contributed by atoms with Gasteiger partial charge in [0.05, 0.1) is 18.3 Å². The van der Waals surface area contributed by atoms with Crippen LogP contribution in [0.2, 0.25) is 0 Å². The number of H-pyrrole nitrogens is 1. The molecule has 0 aliphatic carbocycles. The number of nitrogens with one attached hydrogen (secondary N) is 1. The number of para-hydroxylation sites is 1. The average molecular weight is 423 g/mol. The van der Waals surface area contributed by atoms with E-state index in [1.165, 1.54) is 0 Å². The van der Waals surface area contributed by atoms with Gasteiger partial charge in [-0.2, -0.15) is 0 Å². The molecule has 0 atom stereocenters. The Labute approximate surface area is 185 Å². The molecule has 0 amide bonds. The standard InChI is InChI=1S/C25H21N5O2/c1-31-24-13-9-19(25-27-29-30-28-25)15-20(24)14-17-6-11-22(12-7-17)32-16-21-10-8-18-4-2-3-5-23(18)26-21/h2-13,15H,14,16H2,1H3,(H,27,28,29,30). The van der Waals surface area contributed by atoms with E-state index in [2.05, 4.69) is 49.9 Å². The molecular weight excluding hydrogens is 402 g/mol. The van der Waals surface area contributed by atoms with Crippen molar-refractivity contribution in [1.82, 2.24) is 25.6 Å². The number of hydrogen-bond acceptors (Lipinski definition) is 6. The molecular formula is C25H21N5O2. The predicted octanol–water partition coefficient (Wildman–Crippen LogP) is 4.59. The van der Waals surface area contributed by atoms with E-state index in [4.69, 9.17) is 9.47 Å². The number of methoxy groups -OCH3 is 1. The molecule has 7 heteroatoms. The molecule has 0 spiro atoms. The highest BCUT2D eigenvalue weighted by Crippen LogP contribution is 2.27. The van der Waals surface area contributed by atoms with Crippen LogP contribution in [0.4, 0.5) is 0 Å².